The molecular formula is C16H14ClN3O3. The minimum atomic E-state index is -0.317. The van der Waals surface area contributed by atoms with E-state index in [9.17, 15) is 9.59 Å². The summed E-state index contributed by atoms with van der Waals surface area (Å²) in [5.74, 6) is -0.0838. The van der Waals surface area contributed by atoms with Gasteiger partial charge in [-0.25, -0.2) is 0 Å². The largest absolute Gasteiger partial charge is 0.482 e. The van der Waals surface area contributed by atoms with Crippen molar-refractivity contribution in [2.24, 2.45) is 0 Å². The fourth-order valence-corrected chi connectivity index (χ4v) is 2.44. The average molecular weight is 332 g/mol. The second kappa shape index (κ2) is 6.26. The Morgan fingerprint density at radius 1 is 1.43 bits per heavy atom. The van der Waals surface area contributed by atoms with Gasteiger partial charge in [-0.2, -0.15) is 0 Å². The summed E-state index contributed by atoms with van der Waals surface area (Å²) in [5, 5.41) is 3.22. The zero-order chi connectivity index (χ0) is 16.4. The second-order valence-electron chi connectivity index (χ2n) is 5.12. The van der Waals surface area contributed by atoms with Crippen LogP contribution in [0, 0.1) is 6.92 Å². The van der Waals surface area contributed by atoms with E-state index in [4.69, 9.17) is 16.3 Å². The van der Waals surface area contributed by atoms with Crippen LogP contribution in [0.15, 0.2) is 36.7 Å². The van der Waals surface area contributed by atoms with Crippen LogP contribution < -0.4 is 15.0 Å². The van der Waals surface area contributed by atoms with Crippen molar-refractivity contribution in [1.29, 1.82) is 0 Å². The first-order chi connectivity index (χ1) is 11.0. The highest BCUT2D eigenvalue weighted by molar-refractivity contribution is 6.31. The molecule has 7 heteroatoms. The van der Waals surface area contributed by atoms with E-state index in [1.165, 1.54) is 4.90 Å². The summed E-state index contributed by atoms with van der Waals surface area (Å²) in [7, 11) is 0. The van der Waals surface area contributed by atoms with Crippen LogP contribution >= 0.6 is 11.6 Å². The third kappa shape index (κ3) is 3.27. The van der Waals surface area contributed by atoms with Crippen LogP contribution in [0.1, 0.15) is 5.56 Å². The molecule has 2 amide bonds. The molecule has 2 heterocycles. The van der Waals surface area contributed by atoms with Crippen molar-refractivity contribution in [2.45, 2.75) is 6.92 Å². The highest BCUT2D eigenvalue weighted by atomic mass is 35.5. The SMILES string of the molecule is Cc1ccncc1NC(=O)CN1C(=O)COc2ccc(Cl)cc21. The molecule has 2 aromatic rings. The van der Waals surface area contributed by atoms with Crippen LogP contribution in [0.4, 0.5) is 11.4 Å². The quantitative estimate of drug-likeness (QED) is 0.937. The van der Waals surface area contributed by atoms with Crippen molar-refractivity contribution in [3.8, 4) is 5.75 Å². The van der Waals surface area contributed by atoms with Gasteiger partial charge < -0.3 is 10.1 Å². The van der Waals surface area contributed by atoms with Gasteiger partial charge in [-0.3, -0.25) is 19.5 Å². The Balaban J connectivity index is 1.80. The minimum absolute atomic E-state index is 0.103. The van der Waals surface area contributed by atoms with Crippen molar-refractivity contribution in [3.63, 3.8) is 0 Å². The molecule has 0 spiro atoms. The molecule has 0 saturated heterocycles. The van der Waals surface area contributed by atoms with E-state index in [1.54, 1.807) is 36.7 Å². The number of carbonyl (C=O) groups excluding carboxylic acids is 2. The summed E-state index contributed by atoms with van der Waals surface area (Å²) in [5.41, 5.74) is 2.00. The molecule has 1 aromatic heterocycles. The summed E-state index contributed by atoms with van der Waals surface area (Å²) >= 11 is 5.97. The van der Waals surface area contributed by atoms with Gasteiger partial charge in [0, 0.05) is 11.2 Å². The van der Waals surface area contributed by atoms with Gasteiger partial charge in [0.15, 0.2) is 6.61 Å². The van der Waals surface area contributed by atoms with Crippen LogP contribution in [0.25, 0.3) is 0 Å². The number of halogens is 1. The normalized spacial score (nSPS) is 13.3. The summed E-state index contributed by atoms with van der Waals surface area (Å²) in [6.07, 6.45) is 3.22. The molecular weight excluding hydrogens is 318 g/mol. The first kappa shape index (κ1) is 15.3. The number of amides is 2. The number of ether oxygens (including phenoxy) is 1. The number of fused-ring (bicyclic) bond motifs is 1. The van der Waals surface area contributed by atoms with Gasteiger partial charge in [0.05, 0.1) is 17.6 Å². The lowest BCUT2D eigenvalue weighted by molar-refractivity contribution is -0.123. The minimum Gasteiger partial charge on any atom is -0.482 e. The Bertz CT molecular complexity index is 779. The van der Waals surface area contributed by atoms with Crippen molar-refractivity contribution < 1.29 is 14.3 Å². The molecule has 6 nitrogen and oxygen atoms in total. The molecule has 1 aliphatic rings. The van der Waals surface area contributed by atoms with Crippen LogP contribution in [0.5, 0.6) is 5.75 Å². The van der Waals surface area contributed by atoms with Gasteiger partial charge in [0.1, 0.15) is 12.3 Å². The Morgan fingerprint density at radius 3 is 3.04 bits per heavy atom. The predicted octanol–water partition coefficient (Wildman–Crippen LogP) is 2.41. The molecule has 1 N–H and O–H groups in total. The van der Waals surface area contributed by atoms with E-state index >= 15 is 0 Å². The molecule has 0 bridgehead atoms. The number of anilines is 2. The third-order valence-corrected chi connectivity index (χ3v) is 3.71. The Kier molecular flexibility index (Phi) is 4.16. The number of hydrogen-bond acceptors (Lipinski definition) is 4. The Labute approximate surface area is 138 Å². The average Bonchev–Trinajstić information content (AvgIpc) is 2.52. The number of nitrogens with one attached hydrogen (secondary N) is 1. The highest BCUT2D eigenvalue weighted by Gasteiger charge is 2.27. The third-order valence-electron chi connectivity index (χ3n) is 3.48. The molecule has 1 aliphatic heterocycles. The van der Waals surface area contributed by atoms with Crippen molar-refractivity contribution in [1.82, 2.24) is 4.98 Å². The first-order valence-corrected chi connectivity index (χ1v) is 7.35. The molecule has 3 rings (SSSR count). The van der Waals surface area contributed by atoms with Gasteiger partial charge in [0.25, 0.3) is 5.91 Å². The topological polar surface area (TPSA) is 71.5 Å². The van der Waals surface area contributed by atoms with E-state index in [0.717, 1.165) is 5.56 Å². The smallest absolute Gasteiger partial charge is 0.265 e. The first-order valence-electron chi connectivity index (χ1n) is 6.98. The number of aromatic nitrogens is 1. The standard InChI is InChI=1S/C16H14ClN3O3/c1-10-4-5-18-7-12(10)19-15(21)8-20-13-6-11(17)2-3-14(13)23-9-16(20)22/h2-7H,8-9H2,1H3,(H,19,21). The van der Waals surface area contributed by atoms with Crippen LogP contribution in [0.2, 0.25) is 5.02 Å². The predicted molar refractivity (Wildman–Crippen MR) is 86.9 cm³/mol. The van der Waals surface area contributed by atoms with Gasteiger partial charge in [-0.15, -0.1) is 0 Å². The van der Waals surface area contributed by atoms with Gasteiger partial charge >= 0.3 is 0 Å². The molecule has 1 aromatic carbocycles. The number of hydrogen-bond donors (Lipinski definition) is 1. The second-order valence-corrected chi connectivity index (χ2v) is 5.56. The maximum absolute atomic E-state index is 12.3. The number of rotatable bonds is 3. The summed E-state index contributed by atoms with van der Waals surface area (Å²) in [6.45, 7) is 1.64. The lowest BCUT2D eigenvalue weighted by Crippen LogP contribution is -2.43. The Morgan fingerprint density at radius 2 is 2.26 bits per heavy atom. The monoisotopic (exact) mass is 331 g/mol. The number of nitrogens with zero attached hydrogens (tertiary/aromatic N) is 2. The van der Waals surface area contributed by atoms with E-state index in [0.29, 0.717) is 22.1 Å². The molecule has 0 aliphatic carbocycles. The van der Waals surface area contributed by atoms with E-state index < -0.39 is 0 Å². The molecule has 118 valence electrons. The summed E-state index contributed by atoms with van der Waals surface area (Å²) < 4.78 is 5.35. The lowest BCUT2D eigenvalue weighted by Gasteiger charge is -2.29. The van der Waals surface area contributed by atoms with Crippen molar-refractivity contribution in [3.05, 3.63) is 47.2 Å². The molecule has 0 atom stereocenters. The van der Waals surface area contributed by atoms with Crippen LogP contribution in [-0.2, 0) is 9.59 Å². The van der Waals surface area contributed by atoms with Crippen molar-refractivity contribution in [2.75, 3.05) is 23.4 Å². The van der Waals surface area contributed by atoms with Crippen LogP contribution in [-0.4, -0.2) is 29.9 Å². The number of aryl methyl sites for hydroxylation is 1. The molecule has 23 heavy (non-hydrogen) atoms. The van der Waals surface area contributed by atoms with E-state index in [2.05, 4.69) is 10.3 Å². The van der Waals surface area contributed by atoms with Gasteiger partial charge in [-0.1, -0.05) is 11.6 Å². The van der Waals surface area contributed by atoms with E-state index in [1.807, 2.05) is 6.92 Å². The zero-order valence-electron chi connectivity index (χ0n) is 12.4. The number of benzene rings is 1. The van der Waals surface area contributed by atoms with E-state index in [-0.39, 0.29) is 25.0 Å². The number of pyridine rings is 1. The summed E-state index contributed by atoms with van der Waals surface area (Å²) in [4.78, 5) is 29.7. The molecule has 0 saturated carbocycles. The fraction of sp³-hybridized carbons (Fsp3) is 0.188. The van der Waals surface area contributed by atoms with Crippen molar-refractivity contribution >= 4 is 34.8 Å². The molecule has 0 fully saturated rings. The fourth-order valence-electron chi connectivity index (χ4n) is 2.28. The molecule has 0 unspecified atom stereocenters. The summed E-state index contributed by atoms with van der Waals surface area (Å²) in [6, 6.07) is 6.76. The van der Waals surface area contributed by atoms with Gasteiger partial charge in [-0.05, 0) is 36.8 Å². The molecule has 0 radical (unpaired) electrons. The highest BCUT2D eigenvalue weighted by Crippen LogP contribution is 2.34. The maximum Gasteiger partial charge on any atom is 0.265 e. The van der Waals surface area contributed by atoms with Gasteiger partial charge in [0.2, 0.25) is 5.91 Å². The maximum atomic E-state index is 12.3. The number of carbonyl (C=O) groups is 2. The van der Waals surface area contributed by atoms with Crippen LogP contribution in [0.3, 0.4) is 0 Å². The zero-order valence-corrected chi connectivity index (χ0v) is 13.1. The Hall–Kier alpha value is -2.60. The lowest BCUT2D eigenvalue weighted by atomic mass is 10.2.